The Morgan fingerprint density at radius 3 is 1.70 bits per heavy atom. The lowest BCUT2D eigenvalue weighted by atomic mass is 10.1. The lowest BCUT2D eigenvalue weighted by Crippen LogP contribution is -2.41. The molecule has 0 N–H and O–H groups in total. The summed E-state index contributed by atoms with van der Waals surface area (Å²) < 4.78 is 34.1. The fourth-order valence-electron chi connectivity index (χ4n) is 4.79. The highest BCUT2D eigenvalue weighted by atomic mass is 16.7. The van der Waals surface area contributed by atoms with Gasteiger partial charge in [0.1, 0.15) is 18.4 Å². The van der Waals surface area contributed by atoms with Gasteiger partial charge in [0.25, 0.3) is 0 Å². The number of hydrogen-bond acceptors (Lipinski definition) is 13. The summed E-state index contributed by atoms with van der Waals surface area (Å²) >= 11 is 0. The zero-order valence-electron chi connectivity index (χ0n) is 25.2. The van der Waals surface area contributed by atoms with Gasteiger partial charge in [-0.3, -0.25) is 4.79 Å². The molecule has 14 nitrogen and oxygen atoms in total. The van der Waals surface area contributed by atoms with Crippen LogP contribution in [0.15, 0.2) is 91.0 Å². The van der Waals surface area contributed by atoms with E-state index in [-0.39, 0.29) is 28.1 Å². The van der Waals surface area contributed by atoms with E-state index in [1.54, 1.807) is 66.7 Å². The van der Waals surface area contributed by atoms with Crippen LogP contribution in [0.4, 0.5) is 0 Å². The molecule has 0 amide bonds. The SMILES string of the molecule is COC(=O)Cc1nnn([C@@H]2O[C@H](COC(=O)c3ccccc3)[C@@H](OC(=O)c3ccccc3)[C@H]2OC(=O)c2ccccc2)c1C(=O)OC. The molecule has 4 aromatic rings. The maximum absolute atomic E-state index is 13.4. The minimum Gasteiger partial charge on any atom is -0.469 e. The second-order valence-corrected chi connectivity index (χ2v) is 10.1. The van der Waals surface area contributed by atoms with Gasteiger partial charge in [-0.2, -0.15) is 0 Å². The van der Waals surface area contributed by atoms with Crippen molar-refractivity contribution >= 4 is 29.8 Å². The van der Waals surface area contributed by atoms with Crippen LogP contribution in [0.1, 0.15) is 53.5 Å². The molecule has 0 radical (unpaired) electrons. The number of benzene rings is 3. The summed E-state index contributed by atoms with van der Waals surface area (Å²) in [7, 11) is 2.27. The Bertz CT molecular complexity index is 1730. The van der Waals surface area contributed by atoms with Crippen molar-refractivity contribution < 1.29 is 52.4 Å². The molecule has 1 fully saturated rings. The topological polar surface area (TPSA) is 171 Å². The largest absolute Gasteiger partial charge is 0.469 e. The van der Waals surface area contributed by atoms with Crippen LogP contribution >= 0.6 is 0 Å². The summed E-state index contributed by atoms with van der Waals surface area (Å²) in [6.45, 7) is -0.465. The molecule has 4 atom stereocenters. The van der Waals surface area contributed by atoms with Crippen molar-refractivity contribution in [1.29, 1.82) is 0 Å². The monoisotopic (exact) mass is 643 g/mol. The van der Waals surface area contributed by atoms with E-state index in [0.717, 1.165) is 18.9 Å². The van der Waals surface area contributed by atoms with Gasteiger partial charge >= 0.3 is 29.8 Å². The lowest BCUT2D eigenvalue weighted by Gasteiger charge is -2.24. The molecule has 0 aliphatic carbocycles. The second kappa shape index (κ2) is 14.9. The average Bonchev–Trinajstić information content (AvgIpc) is 3.68. The standard InChI is InChI=1S/C33H29N3O11/c1-42-25(37)18-23-26(33(41)43-2)36(35-34-23)29-28(47-32(40)22-16-10-5-11-17-22)27(46-31(39)21-14-8-4-9-15-21)24(45-29)19-44-30(38)20-12-6-3-7-13-20/h3-17,24,27-29H,18-19H2,1-2H3/t24-,27-,28-,29-/m1/s1. The number of nitrogens with zero attached hydrogens (tertiary/aromatic N) is 3. The van der Waals surface area contributed by atoms with Gasteiger partial charge in [0.15, 0.2) is 24.1 Å². The van der Waals surface area contributed by atoms with Gasteiger partial charge in [-0.05, 0) is 36.4 Å². The normalized spacial score (nSPS) is 18.5. The summed E-state index contributed by atoms with van der Waals surface area (Å²) in [5, 5.41) is 7.99. The van der Waals surface area contributed by atoms with Gasteiger partial charge < -0.3 is 28.4 Å². The zero-order valence-corrected chi connectivity index (χ0v) is 25.2. The van der Waals surface area contributed by atoms with Crippen LogP contribution in [0.25, 0.3) is 0 Å². The molecule has 1 aromatic heterocycles. The van der Waals surface area contributed by atoms with Crippen LogP contribution in [0.5, 0.6) is 0 Å². The van der Waals surface area contributed by atoms with Crippen LogP contribution in [0, 0.1) is 0 Å². The van der Waals surface area contributed by atoms with E-state index >= 15 is 0 Å². The Labute approximate surface area is 268 Å². The van der Waals surface area contributed by atoms with Gasteiger partial charge in [-0.15, -0.1) is 5.10 Å². The predicted molar refractivity (Wildman–Crippen MR) is 159 cm³/mol. The molecule has 5 rings (SSSR count). The Morgan fingerprint density at radius 1 is 0.681 bits per heavy atom. The molecular formula is C33H29N3O11. The van der Waals surface area contributed by atoms with Gasteiger partial charge in [0, 0.05) is 0 Å². The molecular weight excluding hydrogens is 614 g/mol. The Kier molecular flexibility index (Phi) is 10.3. The van der Waals surface area contributed by atoms with E-state index in [1.807, 2.05) is 0 Å². The molecule has 0 saturated carbocycles. The first-order valence-corrected chi connectivity index (χ1v) is 14.3. The van der Waals surface area contributed by atoms with Crippen molar-refractivity contribution in [3.05, 3.63) is 119 Å². The number of ether oxygens (including phenoxy) is 6. The highest BCUT2D eigenvalue weighted by Gasteiger charge is 2.53. The number of carbonyl (C=O) groups excluding carboxylic acids is 5. The molecule has 242 valence electrons. The van der Waals surface area contributed by atoms with Crippen molar-refractivity contribution in [1.82, 2.24) is 15.0 Å². The minimum atomic E-state index is -1.48. The fraction of sp³-hybridized carbons (Fsp3) is 0.242. The van der Waals surface area contributed by atoms with Crippen LogP contribution in [0.3, 0.4) is 0 Å². The third kappa shape index (κ3) is 7.50. The highest BCUT2D eigenvalue weighted by Crippen LogP contribution is 2.36. The fourth-order valence-corrected chi connectivity index (χ4v) is 4.79. The molecule has 47 heavy (non-hydrogen) atoms. The second-order valence-electron chi connectivity index (χ2n) is 10.1. The summed E-state index contributed by atoms with van der Waals surface area (Å²) in [4.78, 5) is 64.7. The molecule has 0 bridgehead atoms. The number of methoxy groups -OCH3 is 2. The highest BCUT2D eigenvalue weighted by molar-refractivity contribution is 5.91. The first-order valence-electron chi connectivity index (χ1n) is 14.3. The third-order valence-electron chi connectivity index (χ3n) is 7.10. The van der Waals surface area contributed by atoms with Gasteiger partial charge in [0.05, 0.1) is 37.3 Å². The van der Waals surface area contributed by atoms with E-state index in [4.69, 9.17) is 28.4 Å². The summed E-state index contributed by atoms with van der Waals surface area (Å²) in [6.07, 6.45) is -6.06. The van der Waals surface area contributed by atoms with Crippen LogP contribution in [0.2, 0.25) is 0 Å². The zero-order chi connectivity index (χ0) is 33.3. The summed E-state index contributed by atoms with van der Waals surface area (Å²) in [6, 6.07) is 24.2. The maximum Gasteiger partial charge on any atom is 0.358 e. The molecule has 1 aliphatic heterocycles. The quantitative estimate of drug-likeness (QED) is 0.173. The molecule has 2 heterocycles. The van der Waals surface area contributed by atoms with E-state index in [0.29, 0.717) is 0 Å². The summed E-state index contributed by atoms with van der Waals surface area (Å²) in [5.74, 6) is -3.97. The molecule has 3 aromatic carbocycles. The minimum absolute atomic E-state index is 0.114. The van der Waals surface area contributed by atoms with E-state index in [1.165, 1.54) is 24.3 Å². The van der Waals surface area contributed by atoms with Crippen LogP contribution in [-0.4, -0.2) is 84.0 Å². The Morgan fingerprint density at radius 2 is 1.19 bits per heavy atom. The smallest absolute Gasteiger partial charge is 0.358 e. The Hall–Kier alpha value is -5.89. The molecule has 1 saturated heterocycles. The number of aromatic nitrogens is 3. The number of esters is 5. The first-order chi connectivity index (χ1) is 22.8. The van der Waals surface area contributed by atoms with Crippen LogP contribution < -0.4 is 0 Å². The molecule has 1 aliphatic rings. The lowest BCUT2D eigenvalue weighted by molar-refractivity contribution is -0.139. The van der Waals surface area contributed by atoms with Crippen molar-refractivity contribution in [2.24, 2.45) is 0 Å². The van der Waals surface area contributed by atoms with Crippen molar-refractivity contribution in [3.63, 3.8) is 0 Å². The van der Waals surface area contributed by atoms with Crippen molar-refractivity contribution in [2.45, 2.75) is 31.0 Å². The van der Waals surface area contributed by atoms with E-state index in [9.17, 15) is 24.0 Å². The predicted octanol–water partition coefficient (Wildman–Crippen LogP) is 2.99. The number of hydrogen-bond donors (Lipinski definition) is 0. The van der Waals surface area contributed by atoms with E-state index < -0.39 is 67.4 Å². The van der Waals surface area contributed by atoms with Gasteiger partial charge in [0.2, 0.25) is 0 Å². The number of rotatable bonds is 11. The van der Waals surface area contributed by atoms with Gasteiger partial charge in [-0.1, -0.05) is 59.8 Å². The van der Waals surface area contributed by atoms with Crippen molar-refractivity contribution in [2.75, 3.05) is 20.8 Å². The molecule has 14 heteroatoms. The number of carbonyl (C=O) groups is 5. The average molecular weight is 644 g/mol. The van der Waals surface area contributed by atoms with Crippen molar-refractivity contribution in [3.8, 4) is 0 Å². The third-order valence-corrected chi connectivity index (χ3v) is 7.10. The summed E-state index contributed by atoms with van der Waals surface area (Å²) in [5.41, 5.74) is 0.177. The first kappa shape index (κ1) is 32.5. The maximum atomic E-state index is 13.4. The van der Waals surface area contributed by atoms with E-state index in [2.05, 4.69) is 10.3 Å². The Balaban J connectivity index is 1.56. The molecule has 0 spiro atoms. The van der Waals surface area contributed by atoms with Crippen LogP contribution in [-0.2, 0) is 39.6 Å². The van der Waals surface area contributed by atoms with Gasteiger partial charge in [-0.25, -0.2) is 23.9 Å². The molecule has 0 unspecified atom stereocenters.